The van der Waals surface area contributed by atoms with Gasteiger partial charge in [-0.25, -0.2) is 4.98 Å². The van der Waals surface area contributed by atoms with Gasteiger partial charge in [-0.15, -0.1) is 0 Å². The molecule has 0 amide bonds. The molecule has 0 atom stereocenters. The van der Waals surface area contributed by atoms with Crippen molar-refractivity contribution in [3.63, 3.8) is 0 Å². The third-order valence-electron chi connectivity index (χ3n) is 4.86. The molecular formula is C24H21N3O2. The molecule has 0 unspecified atom stereocenters. The standard InChI is InChI=1S/C24H21N3O2/c1-28-20-11-9-17(10-12-20)13-14-26-24-22(16-25)27-23(29-24)15-19-7-4-6-18-5-2-3-8-21(18)19/h2-12,26H,13-15H2,1H3. The Morgan fingerprint density at radius 1 is 1.03 bits per heavy atom. The first kappa shape index (κ1) is 18.6. The predicted molar refractivity (Wildman–Crippen MR) is 113 cm³/mol. The van der Waals surface area contributed by atoms with Gasteiger partial charge < -0.3 is 14.5 Å². The minimum Gasteiger partial charge on any atom is -0.497 e. The smallest absolute Gasteiger partial charge is 0.232 e. The number of oxazole rings is 1. The van der Waals surface area contributed by atoms with E-state index in [-0.39, 0.29) is 5.69 Å². The van der Waals surface area contributed by atoms with Gasteiger partial charge in [0.1, 0.15) is 11.8 Å². The minimum absolute atomic E-state index is 0.287. The topological polar surface area (TPSA) is 71.1 Å². The van der Waals surface area contributed by atoms with Crippen molar-refractivity contribution < 1.29 is 9.15 Å². The third kappa shape index (κ3) is 4.22. The Balaban J connectivity index is 1.46. The number of nitriles is 1. The number of aromatic nitrogens is 1. The van der Waals surface area contributed by atoms with Crippen LogP contribution in [0, 0.1) is 11.3 Å². The number of ether oxygens (including phenoxy) is 1. The van der Waals surface area contributed by atoms with E-state index in [0.717, 1.165) is 17.7 Å². The Labute approximate surface area is 169 Å². The SMILES string of the molecule is COc1ccc(CCNc2oc(Cc3cccc4ccccc34)nc2C#N)cc1. The maximum atomic E-state index is 9.42. The van der Waals surface area contributed by atoms with Crippen molar-refractivity contribution >= 4 is 16.7 Å². The van der Waals surface area contributed by atoms with Gasteiger partial charge in [0.05, 0.1) is 13.5 Å². The Hall–Kier alpha value is -3.78. The molecule has 0 spiro atoms. The average Bonchev–Trinajstić information content (AvgIpc) is 3.16. The lowest BCUT2D eigenvalue weighted by atomic mass is 10.0. The van der Waals surface area contributed by atoms with Crippen molar-refractivity contribution in [2.45, 2.75) is 12.8 Å². The van der Waals surface area contributed by atoms with Crippen LogP contribution in [0.1, 0.15) is 22.7 Å². The molecule has 29 heavy (non-hydrogen) atoms. The van der Waals surface area contributed by atoms with Gasteiger partial charge in [0.15, 0.2) is 0 Å². The summed E-state index contributed by atoms with van der Waals surface area (Å²) in [5, 5.41) is 15.0. The van der Waals surface area contributed by atoms with Crippen molar-refractivity contribution in [3.05, 3.63) is 89.4 Å². The molecule has 0 aliphatic rings. The second kappa shape index (κ2) is 8.49. The first-order chi connectivity index (χ1) is 14.3. The monoisotopic (exact) mass is 383 g/mol. The Morgan fingerprint density at radius 2 is 1.83 bits per heavy atom. The highest BCUT2D eigenvalue weighted by Crippen LogP contribution is 2.24. The van der Waals surface area contributed by atoms with Crippen LogP contribution in [0.5, 0.6) is 5.75 Å². The first-order valence-corrected chi connectivity index (χ1v) is 9.50. The van der Waals surface area contributed by atoms with Gasteiger partial charge in [-0.05, 0) is 40.5 Å². The lowest BCUT2D eigenvalue weighted by molar-refractivity contribution is 0.414. The molecule has 144 valence electrons. The summed E-state index contributed by atoms with van der Waals surface area (Å²) in [6.07, 6.45) is 1.34. The van der Waals surface area contributed by atoms with Crippen LogP contribution in [0.2, 0.25) is 0 Å². The molecule has 0 aliphatic carbocycles. The molecule has 0 aliphatic heterocycles. The highest BCUT2D eigenvalue weighted by molar-refractivity contribution is 5.85. The van der Waals surface area contributed by atoms with Crippen molar-refractivity contribution in [3.8, 4) is 11.8 Å². The van der Waals surface area contributed by atoms with Crippen molar-refractivity contribution in [2.75, 3.05) is 19.0 Å². The van der Waals surface area contributed by atoms with Crippen LogP contribution in [0.4, 0.5) is 5.88 Å². The van der Waals surface area contributed by atoms with E-state index >= 15 is 0 Å². The summed E-state index contributed by atoms with van der Waals surface area (Å²) in [6.45, 7) is 0.643. The van der Waals surface area contributed by atoms with Gasteiger partial charge in [-0.2, -0.15) is 5.26 Å². The lowest BCUT2D eigenvalue weighted by Gasteiger charge is -2.05. The zero-order valence-corrected chi connectivity index (χ0v) is 16.2. The van der Waals surface area contributed by atoms with Crippen molar-refractivity contribution in [2.24, 2.45) is 0 Å². The highest BCUT2D eigenvalue weighted by Gasteiger charge is 2.14. The number of anilines is 1. The minimum atomic E-state index is 0.287. The van der Waals surface area contributed by atoms with E-state index in [1.165, 1.54) is 16.3 Å². The first-order valence-electron chi connectivity index (χ1n) is 9.50. The molecule has 0 saturated carbocycles. The van der Waals surface area contributed by atoms with Crippen LogP contribution >= 0.6 is 0 Å². The molecule has 5 nitrogen and oxygen atoms in total. The van der Waals surface area contributed by atoms with E-state index in [4.69, 9.17) is 9.15 Å². The summed E-state index contributed by atoms with van der Waals surface area (Å²) >= 11 is 0. The van der Waals surface area contributed by atoms with Crippen molar-refractivity contribution in [1.82, 2.24) is 4.98 Å². The molecule has 4 rings (SSSR count). The molecule has 4 aromatic rings. The van der Waals surface area contributed by atoms with Gasteiger partial charge in [-0.3, -0.25) is 0 Å². The molecule has 0 bridgehead atoms. The molecule has 1 N–H and O–H groups in total. The van der Waals surface area contributed by atoms with E-state index in [0.29, 0.717) is 24.7 Å². The van der Waals surface area contributed by atoms with E-state index in [1.807, 2.05) is 42.5 Å². The molecule has 0 radical (unpaired) electrons. The number of rotatable bonds is 7. The molecule has 3 aromatic carbocycles. The maximum absolute atomic E-state index is 9.42. The van der Waals surface area contributed by atoms with Gasteiger partial charge in [-0.1, -0.05) is 54.6 Å². The van der Waals surface area contributed by atoms with Crippen LogP contribution in [0.3, 0.4) is 0 Å². The number of nitrogens with one attached hydrogen (secondary N) is 1. The number of fused-ring (bicyclic) bond motifs is 1. The van der Waals surface area contributed by atoms with Gasteiger partial charge in [0, 0.05) is 6.54 Å². The van der Waals surface area contributed by atoms with Crippen LogP contribution in [0.25, 0.3) is 10.8 Å². The lowest BCUT2D eigenvalue weighted by Crippen LogP contribution is -2.05. The number of benzene rings is 3. The molecule has 0 saturated heterocycles. The second-order valence-electron chi connectivity index (χ2n) is 6.74. The predicted octanol–water partition coefficient (Wildman–Crippen LogP) is 4.95. The largest absolute Gasteiger partial charge is 0.497 e. The van der Waals surface area contributed by atoms with Gasteiger partial charge >= 0.3 is 0 Å². The fourth-order valence-corrected chi connectivity index (χ4v) is 3.36. The summed E-state index contributed by atoms with van der Waals surface area (Å²) < 4.78 is 11.0. The molecular weight excluding hydrogens is 362 g/mol. The second-order valence-corrected chi connectivity index (χ2v) is 6.74. The summed E-state index contributed by atoms with van der Waals surface area (Å²) in [5.41, 5.74) is 2.58. The molecule has 5 heteroatoms. The van der Waals surface area contributed by atoms with E-state index in [9.17, 15) is 5.26 Å². The Kier molecular flexibility index (Phi) is 5.44. The normalized spacial score (nSPS) is 10.6. The summed E-state index contributed by atoms with van der Waals surface area (Å²) in [5.74, 6) is 1.79. The van der Waals surface area contributed by atoms with E-state index in [2.05, 4.69) is 40.6 Å². The van der Waals surface area contributed by atoms with Crippen LogP contribution in [0.15, 0.2) is 71.1 Å². The van der Waals surface area contributed by atoms with Crippen LogP contribution in [-0.2, 0) is 12.8 Å². The van der Waals surface area contributed by atoms with Gasteiger partial charge in [0.25, 0.3) is 0 Å². The highest BCUT2D eigenvalue weighted by atomic mass is 16.5. The number of hydrogen-bond acceptors (Lipinski definition) is 5. The third-order valence-corrected chi connectivity index (χ3v) is 4.86. The summed E-state index contributed by atoms with van der Waals surface area (Å²) in [6, 6.07) is 24.4. The Bertz CT molecular complexity index is 1150. The zero-order chi connectivity index (χ0) is 20.1. The quantitative estimate of drug-likeness (QED) is 0.489. The van der Waals surface area contributed by atoms with E-state index in [1.54, 1.807) is 7.11 Å². The number of nitrogens with zero attached hydrogens (tertiary/aromatic N) is 2. The van der Waals surface area contributed by atoms with Crippen LogP contribution in [-0.4, -0.2) is 18.6 Å². The van der Waals surface area contributed by atoms with Crippen molar-refractivity contribution in [1.29, 1.82) is 5.26 Å². The molecule has 1 heterocycles. The van der Waals surface area contributed by atoms with E-state index < -0.39 is 0 Å². The fraction of sp³-hybridized carbons (Fsp3) is 0.167. The summed E-state index contributed by atoms with van der Waals surface area (Å²) in [4.78, 5) is 4.37. The molecule has 0 fully saturated rings. The maximum Gasteiger partial charge on any atom is 0.232 e. The summed E-state index contributed by atoms with van der Waals surface area (Å²) in [7, 11) is 1.65. The Morgan fingerprint density at radius 3 is 2.62 bits per heavy atom. The van der Waals surface area contributed by atoms with Crippen LogP contribution < -0.4 is 10.1 Å². The number of methoxy groups -OCH3 is 1. The van der Waals surface area contributed by atoms with Gasteiger partial charge in [0.2, 0.25) is 17.5 Å². The average molecular weight is 383 g/mol. The fourth-order valence-electron chi connectivity index (χ4n) is 3.36. The zero-order valence-electron chi connectivity index (χ0n) is 16.2. The number of hydrogen-bond donors (Lipinski definition) is 1. The molecule has 1 aromatic heterocycles.